The van der Waals surface area contributed by atoms with E-state index in [-0.39, 0.29) is 0 Å². The summed E-state index contributed by atoms with van der Waals surface area (Å²) in [6.45, 7) is 1.63. The molecule has 0 bridgehead atoms. The highest BCUT2D eigenvalue weighted by atomic mass is 16.4. The lowest BCUT2D eigenvalue weighted by molar-refractivity contribution is -0.140. The van der Waals surface area contributed by atoms with E-state index >= 15 is 0 Å². The number of urea groups is 1. The molecule has 104 valence electrons. The summed E-state index contributed by atoms with van der Waals surface area (Å²) in [5.41, 5.74) is 4.89. The van der Waals surface area contributed by atoms with Crippen molar-refractivity contribution in [1.29, 1.82) is 0 Å². The number of nitrogens with two attached hydrogens (primary N) is 1. The molecule has 0 radical (unpaired) electrons. The van der Waals surface area contributed by atoms with E-state index in [9.17, 15) is 14.4 Å². The Labute approximate surface area is 107 Å². The van der Waals surface area contributed by atoms with E-state index in [0.717, 1.165) is 0 Å². The number of carbonyl (C=O) groups excluding carboxylic acids is 2. The number of primary amides is 1. The van der Waals surface area contributed by atoms with E-state index in [1.54, 1.807) is 6.92 Å². The largest absolute Gasteiger partial charge is 0.480 e. The lowest BCUT2D eigenvalue weighted by Gasteiger charge is -2.16. The summed E-state index contributed by atoms with van der Waals surface area (Å²) in [6.07, 6.45) is 0.790. The molecule has 0 fully saturated rings. The monoisotopic (exact) mass is 270 g/mol. The third kappa shape index (κ3) is 4.61. The van der Waals surface area contributed by atoms with E-state index in [1.165, 1.54) is 6.33 Å². The van der Waals surface area contributed by atoms with Gasteiger partial charge in [0.2, 0.25) is 5.91 Å². The van der Waals surface area contributed by atoms with Crippen molar-refractivity contribution in [3.8, 4) is 0 Å². The minimum absolute atomic E-state index is 0.414. The topological polar surface area (TPSA) is 163 Å². The highest BCUT2D eigenvalue weighted by Crippen LogP contribution is 2.03. The predicted octanol–water partition coefficient (Wildman–Crippen LogP) is -1.51. The average molecular weight is 270 g/mol. The number of hydrogen-bond donors (Lipinski definition) is 5. The average Bonchev–Trinajstić information content (AvgIpc) is 2.80. The summed E-state index contributed by atoms with van der Waals surface area (Å²) in [5, 5.41) is 19.6. The van der Waals surface area contributed by atoms with E-state index < -0.39 is 36.4 Å². The fourth-order valence-corrected chi connectivity index (χ4v) is 1.29. The predicted molar refractivity (Wildman–Crippen MR) is 61.7 cm³/mol. The van der Waals surface area contributed by atoms with Crippen molar-refractivity contribution in [2.24, 2.45) is 5.73 Å². The van der Waals surface area contributed by atoms with Gasteiger partial charge in [-0.05, 0) is 6.92 Å². The minimum Gasteiger partial charge on any atom is -0.480 e. The van der Waals surface area contributed by atoms with Crippen LogP contribution in [0.25, 0.3) is 0 Å². The molecule has 10 heteroatoms. The second-order valence-electron chi connectivity index (χ2n) is 3.77. The van der Waals surface area contributed by atoms with E-state index in [1.807, 2.05) is 0 Å². The van der Waals surface area contributed by atoms with Gasteiger partial charge in [0.25, 0.3) is 0 Å². The number of aromatic nitrogens is 3. The van der Waals surface area contributed by atoms with E-state index in [2.05, 4.69) is 25.8 Å². The molecular weight excluding hydrogens is 256 g/mol. The first kappa shape index (κ1) is 14.4. The number of aromatic amines is 1. The summed E-state index contributed by atoms with van der Waals surface area (Å²) >= 11 is 0. The van der Waals surface area contributed by atoms with Crippen LogP contribution >= 0.6 is 0 Å². The molecule has 1 rings (SSSR count). The molecule has 0 saturated heterocycles. The summed E-state index contributed by atoms with van der Waals surface area (Å²) < 4.78 is 0. The third-order valence-electron chi connectivity index (χ3n) is 2.20. The van der Waals surface area contributed by atoms with Crippen molar-refractivity contribution in [3.63, 3.8) is 0 Å². The van der Waals surface area contributed by atoms with Gasteiger partial charge in [0, 0.05) is 0 Å². The summed E-state index contributed by atoms with van der Waals surface area (Å²) in [7, 11) is 0. The molecule has 10 nitrogen and oxygen atoms in total. The molecule has 0 aliphatic rings. The van der Waals surface area contributed by atoms with Gasteiger partial charge in [-0.2, -0.15) is 5.10 Å². The van der Waals surface area contributed by atoms with Gasteiger partial charge in [-0.3, -0.25) is 9.89 Å². The first-order valence-corrected chi connectivity index (χ1v) is 5.33. The Balaban J connectivity index is 2.53. The standard InChI is InChI=1S/C9H14N6O4/c1-4(7-11-3-12-15-7)13-9(19)14-5(8(17)18)2-6(10)16/h3-5H,2H2,1H3,(H2,10,16)(H,17,18)(H,11,12,15)(H2,13,14,19)/t4?,5-/m1/s1. The number of carboxylic acids is 1. The molecule has 1 aromatic heterocycles. The highest BCUT2D eigenvalue weighted by molar-refractivity contribution is 5.87. The Hall–Kier alpha value is -2.65. The zero-order valence-corrected chi connectivity index (χ0v) is 10.1. The van der Waals surface area contributed by atoms with Crippen LogP contribution in [0.15, 0.2) is 6.33 Å². The number of rotatable bonds is 6. The maximum atomic E-state index is 11.5. The molecule has 6 N–H and O–H groups in total. The van der Waals surface area contributed by atoms with Crippen LogP contribution < -0.4 is 16.4 Å². The van der Waals surface area contributed by atoms with Gasteiger partial charge in [0.1, 0.15) is 18.2 Å². The summed E-state index contributed by atoms with van der Waals surface area (Å²) in [5.74, 6) is -1.76. The molecular formula is C9H14N6O4. The molecule has 0 saturated carbocycles. The molecule has 0 aliphatic carbocycles. The van der Waals surface area contributed by atoms with E-state index in [4.69, 9.17) is 10.8 Å². The van der Waals surface area contributed by atoms with Crippen LogP contribution in [0.4, 0.5) is 4.79 Å². The molecule has 0 aromatic carbocycles. The van der Waals surface area contributed by atoms with Gasteiger partial charge in [0.15, 0.2) is 0 Å². The van der Waals surface area contributed by atoms with Crippen molar-refractivity contribution in [2.75, 3.05) is 0 Å². The molecule has 1 heterocycles. The maximum Gasteiger partial charge on any atom is 0.326 e. The Morgan fingerprint density at radius 1 is 1.47 bits per heavy atom. The zero-order valence-electron chi connectivity index (χ0n) is 10.1. The fourth-order valence-electron chi connectivity index (χ4n) is 1.29. The van der Waals surface area contributed by atoms with Crippen LogP contribution in [0.2, 0.25) is 0 Å². The summed E-state index contributed by atoms with van der Waals surface area (Å²) in [6, 6.07) is -2.62. The number of carboxylic acid groups (broad SMARTS) is 1. The van der Waals surface area contributed by atoms with Crippen LogP contribution in [-0.4, -0.2) is 44.2 Å². The van der Waals surface area contributed by atoms with Crippen LogP contribution in [0, 0.1) is 0 Å². The molecule has 1 aromatic rings. The third-order valence-corrected chi connectivity index (χ3v) is 2.20. The highest BCUT2D eigenvalue weighted by Gasteiger charge is 2.23. The number of hydrogen-bond acceptors (Lipinski definition) is 5. The van der Waals surface area contributed by atoms with Gasteiger partial charge < -0.3 is 21.5 Å². The fraction of sp³-hybridized carbons (Fsp3) is 0.444. The van der Waals surface area contributed by atoms with Crippen molar-refractivity contribution in [2.45, 2.75) is 25.4 Å². The molecule has 3 amide bonds. The first-order valence-electron chi connectivity index (χ1n) is 5.33. The first-order chi connectivity index (χ1) is 8.90. The van der Waals surface area contributed by atoms with Crippen molar-refractivity contribution >= 4 is 17.9 Å². The number of carbonyl (C=O) groups is 3. The molecule has 19 heavy (non-hydrogen) atoms. The number of nitrogens with zero attached hydrogens (tertiary/aromatic N) is 2. The molecule has 0 aliphatic heterocycles. The normalized spacial score (nSPS) is 13.3. The number of H-pyrrole nitrogens is 1. The van der Waals surface area contributed by atoms with Gasteiger partial charge in [-0.25, -0.2) is 14.6 Å². The van der Waals surface area contributed by atoms with Crippen molar-refractivity contribution in [3.05, 3.63) is 12.2 Å². The van der Waals surface area contributed by atoms with E-state index in [0.29, 0.717) is 5.82 Å². The lowest BCUT2D eigenvalue weighted by Crippen LogP contribution is -2.48. The molecule has 1 unspecified atom stereocenters. The second kappa shape index (κ2) is 6.33. The lowest BCUT2D eigenvalue weighted by atomic mass is 10.2. The number of amides is 3. The minimum atomic E-state index is -1.38. The van der Waals surface area contributed by atoms with Crippen LogP contribution in [0.3, 0.4) is 0 Å². The zero-order chi connectivity index (χ0) is 14.4. The smallest absolute Gasteiger partial charge is 0.326 e. The maximum absolute atomic E-state index is 11.5. The second-order valence-corrected chi connectivity index (χ2v) is 3.77. The Bertz CT molecular complexity index is 459. The number of aliphatic carboxylic acids is 1. The SMILES string of the molecule is CC(NC(=O)N[C@H](CC(N)=O)C(=O)O)c1ncn[nH]1. The Morgan fingerprint density at radius 3 is 2.63 bits per heavy atom. The van der Waals surface area contributed by atoms with Gasteiger partial charge in [0.05, 0.1) is 12.5 Å². The van der Waals surface area contributed by atoms with Crippen LogP contribution in [0.1, 0.15) is 25.2 Å². The van der Waals surface area contributed by atoms with Gasteiger partial charge in [-0.15, -0.1) is 0 Å². The summed E-state index contributed by atoms with van der Waals surface area (Å²) in [4.78, 5) is 36.9. The Morgan fingerprint density at radius 2 is 2.16 bits per heavy atom. The Kier molecular flexibility index (Phi) is 4.80. The van der Waals surface area contributed by atoms with Gasteiger partial charge in [-0.1, -0.05) is 0 Å². The van der Waals surface area contributed by atoms with Gasteiger partial charge >= 0.3 is 12.0 Å². The quantitative estimate of drug-likeness (QED) is 0.422. The number of nitrogens with one attached hydrogen (secondary N) is 3. The van der Waals surface area contributed by atoms with Crippen molar-refractivity contribution in [1.82, 2.24) is 25.8 Å². The van der Waals surface area contributed by atoms with Crippen LogP contribution in [-0.2, 0) is 9.59 Å². The molecule has 0 spiro atoms. The van der Waals surface area contributed by atoms with Crippen LogP contribution in [0.5, 0.6) is 0 Å². The van der Waals surface area contributed by atoms with Crippen molar-refractivity contribution < 1.29 is 19.5 Å². The molecule has 2 atom stereocenters.